The van der Waals surface area contributed by atoms with Gasteiger partial charge in [0.15, 0.2) is 17.5 Å². The summed E-state index contributed by atoms with van der Waals surface area (Å²) in [6, 6.07) is 67.5. The number of aromatic nitrogens is 4. The number of fused-ring (bicyclic) bond motifs is 6. The van der Waals surface area contributed by atoms with Gasteiger partial charge >= 0.3 is 0 Å². The molecule has 11 aromatic rings. The van der Waals surface area contributed by atoms with E-state index >= 15 is 0 Å². The molecule has 0 amide bonds. The average molecular weight is 717 g/mol. The lowest BCUT2D eigenvalue weighted by molar-refractivity contribution is 0.669. The van der Waals surface area contributed by atoms with E-state index in [0.717, 1.165) is 71.9 Å². The zero-order valence-electron chi connectivity index (χ0n) is 30.2. The Morgan fingerprint density at radius 3 is 1.64 bits per heavy atom. The second-order valence-corrected chi connectivity index (χ2v) is 14.0. The number of rotatable bonds is 6. The third-order valence-electron chi connectivity index (χ3n) is 10.7. The Morgan fingerprint density at radius 1 is 0.339 bits per heavy atom. The van der Waals surface area contributed by atoms with Crippen molar-refractivity contribution in [1.29, 1.82) is 0 Å². The summed E-state index contributed by atoms with van der Waals surface area (Å²) >= 11 is 0. The molecule has 11 rings (SSSR count). The third kappa shape index (κ3) is 5.29. The minimum Gasteiger partial charge on any atom is -0.456 e. The van der Waals surface area contributed by atoms with Gasteiger partial charge in [0.2, 0.25) is 0 Å². The summed E-state index contributed by atoms with van der Waals surface area (Å²) in [6.45, 7) is 0. The van der Waals surface area contributed by atoms with Crippen LogP contribution in [-0.4, -0.2) is 19.5 Å². The van der Waals surface area contributed by atoms with Crippen LogP contribution >= 0.6 is 0 Å². The summed E-state index contributed by atoms with van der Waals surface area (Å²) < 4.78 is 8.76. The highest BCUT2D eigenvalue weighted by Gasteiger charge is 2.21. The smallest absolute Gasteiger partial charge is 0.164 e. The minimum absolute atomic E-state index is 0.615. The van der Waals surface area contributed by atoms with Gasteiger partial charge in [0.1, 0.15) is 11.2 Å². The summed E-state index contributed by atoms with van der Waals surface area (Å²) in [7, 11) is 0. The summed E-state index contributed by atoms with van der Waals surface area (Å²) in [5.41, 5.74) is 12.3. The normalized spacial score (nSPS) is 11.6. The van der Waals surface area contributed by atoms with E-state index in [4.69, 9.17) is 19.4 Å². The van der Waals surface area contributed by atoms with Crippen LogP contribution < -0.4 is 0 Å². The molecular weight excluding hydrogens is 685 g/mol. The second-order valence-electron chi connectivity index (χ2n) is 14.0. The van der Waals surface area contributed by atoms with Crippen molar-refractivity contribution in [1.82, 2.24) is 19.5 Å². The molecule has 0 radical (unpaired) electrons. The fourth-order valence-corrected chi connectivity index (χ4v) is 8.06. The fourth-order valence-electron chi connectivity index (χ4n) is 8.06. The summed E-state index contributed by atoms with van der Waals surface area (Å²) in [5.74, 6) is 1.88. The molecule has 8 aromatic carbocycles. The molecule has 0 bridgehead atoms. The molecule has 0 saturated carbocycles. The standard InChI is InChI=1S/C51H32N4O/c1-4-15-33(16-5-1)36-28-30-44-42(31-36)39-29-27-37(51-53-49(34-17-6-2-7-18-34)52-50(54-51)35-19-8-3-9-20-35)32-45(39)55(44)43-24-12-10-21-38(43)40-23-14-26-47-48(40)41-22-11-13-25-46(41)56-47/h1-32H. The Morgan fingerprint density at radius 2 is 0.911 bits per heavy atom. The van der Waals surface area contributed by atoms with Gasteiger partial charge in [-0.25, -0.2) is 15.0 Å². The largest absolute Gasteiger partial charge is 0.456 e. The van der Waals surface area contributed by atoms with Gasteiger partial charge in [-0.15, -0.1) is 0 Å². The van der Waals surface area contributed by atoms with Gasteiger partial charge in [-0.3, -0.25) is 0 Å². The Kier molecular flexibility index (Phi) is 7.42. The van der Waals surface area contributed by atoms with E-state index in [0.29, 0.717) is 17.5 Å². The molecule has 3 heterocycles. The van der Waals surface area contributed by atoms with Gasteiger partial charge in [0.05, 0.1) is 16.7 Å². The maximum absolute atomic E-state index is 6.36. The van der Waals surface area contributed by atoms with E-state index in [-0.39, 0.29) is 0 Å². The molecule has 5 heteroatoms. The molecule has 0 aliphatic heterocycles. The number of para-hydroxylation sites is 2. The van der Waals surface area contributed by atoms with Crippen LogP contribution in [-0.2, 0) is 0 Å². The highest BCUT2D eigenvalue weighted by molar-refractivity contribution is 6.15. The van der Waals surface area contributed by atoms with Crippen molar-refractivity contribution in [2.24, 2.45) is 0 Å². The molecule has 0 unspecified atom stereocenters. The van der Waals surface area contributed by atoms with Crippen LogP contribution in [0.5, 0.6) is 0 Å². The van der Waals surface area contributed by atoms with Crippen LogP contribution in [0.15, 0.2) is 199 Å². The number of furan rings is 1. The fraction of sp³-hybridized carbons (Fsp3) is 0. The highest BCUT2D eigenvalue weighted by atomic mass is 16.3. The Hall–Kier alpha value is -7.63. The first-order chi connectivity index (χ1) is 27.8. The maximum atomic E-state index is 6.36. The third-order valence-corrected chi connectivity index (χ3v) is 10.7. The molecule has 3 aromatic heterocycles. The van der Waals surface area contributed by atoms with Crippen molar-refractivity contribution < 1.29 is 4.42 Å². The molecule has 0 N–H and O–H groups in total. The van der Waals surface area contributed by atoms with E-state index in [1.807, 2.05) is 72.8 Å². The number of hydrogen-bond donors (Lipinski definition) is 0. The molecule has 56 heavy (non-hydrogen) atoms. The molecule has 0 atom stereocenters. The minimum atomic E-state index is 0.615. The maximum Gasteiger partial charge on any atom is 0.164 e. The predicted octanol–water partition coefficient (Wildman–Crippen LogP) is 13.2. The molecule has 0 fully saturated rings. The van der Waals surface area contributed by atoms with Gasteiger partial charge in [0, 0.05) is 43.8 Å². The topological polar surface area (TPSA) is 56.7 Å². The molecular formula is C51H32N4O. The number of benzene rings is 8. The molecule has 0 aliphatic rings. The monoisotopic (exact) mass is 716 g/mol. The van der Waals surface area contributed by atoms with E-state index < -0.39 is 0 Å². The zero-order valence-corrected chi connectivity index (χ0v) is 30.2. The van der Waals surface area contributed by atoms with Crippen LogP contribution in [0, 0.1) is 0 Å². The van der Waals surface area contributed by atoms with Crippen LogP contribution in [0.3, 0.4) is 0 Å². The number of hydrogen-bond acceptors (Lipinski definition) is 4. The predicted molar refractivity (Wildman–Crippen MR) is 229 cm³/mol. The van der Waals surface area contributed by atoms with Crippen LogP contribution in [0.25, 0.3) is 106 Å². The lowest BCUT2D eigenvalue weighted by atomic mass is 9.97. The summed E-state index contributed by atoms with van der Waals surface area (Å²) in [4.78, 5) is 15.1. The first-order valence-electron chi connectivity index (χ1n) is 18.8. The molecule has 0 aliphatic carbocycles. The van der Waals surface area contributed by atoms with Gasteiger partial charge in [-0.05, 0) is 53.1 Å². The van der Waals surface area contributed by atoms with Gasteiger partial charge in [-0.1, -0.05) is 158 Å². The molecule has 5 nitrogen and oxygen atoms in total. The number of nitrogens with zero attached hydrogens (tertiary/aromatic N) is 4. The second kappa shape index (κ2) is 13.0. The van der Waals surface area contributed by atoms with E-state index in [9.17, 15) is 0 Å². The summed E-state index contributed by atoms with van der Waals surface area (Å²) in [6.07, 6.45) is 0. The van der Waals surface area contributed by atoms with Crippen molar-refractivity contribution >= 4 is 43.7 Å². The Balaban J connectivity index is 1.19. The van der Waals surface area contributed by atoms with Crippen LogP contribution in [0.2, 0.25) is 0 Å². The first kappa shape index (κ1) is 31.9. The van der Waals surface area contributed by atoms with Crippen LogP contribution in [0.4, 0.5) is 0 Å². The molecule has 0 spiro atoms. The van der Waals surface area contributed by atoms with E-state index in [1.165, 1.54) is 16.5 Å². The van der Waals surface area contributed by atoms with Crippen molar-refractivity contribution in [2.45, 2.75) is 0 Å². The van der Waals surface area contributed by atoms with Gasteiger partial charge in [0.25, 0.3) is 0 Å². The van der Waals surface area contributed by atoms with E-state index in [1.54, 1.807) is 0 Å². The van der Waals surface area contributed by atoms with Crippen molar-refractivity contribution in [3.8, 4) is 62.1 Å². The molecule has 0 saturated heterocycles. The Labute approximate surface area is 322 Å². The van der Waals surface area contributed by atoms with Gasteiger partial charge in [-0.2, -0.15) is 0 Å². The van der Waals surface area contributed by atoms with Crippen molar-refractivity contribution in [3.63, 3.8) is 0 Å². The van der Waals surface area contributed by atoms with Crippen LogP contribution in [0.1, 0.15) is 0 Å². The van der Waals surface area contributed by atoms with Crippen molar-refractivity contribution in [3.05, 3.63) is 194 Å². The average Bonchev–Trinajstić information content (AvgIpc) is 3.82. The molecule has 262 valence electrons. The quantitative estimate of drug-likeness (QED) is 0.172. The van der Waals surface area contributed by atoms with Crippen molar-refractivity contribution in [2.75, 3.05) is 0 Å². The lowest BCUT2D eigenvalue weighted by Gasteiger charge is -2.15. The Bertz CT molecular complexity index is 3180. The lowest BCUT2D eigenvalue weighted by Crippen LogP contribution is -2.01. The summed E-state index contributed by atoms with van der Waals surface area (Å²) in [5, 5.41) is 4.52. The zero-order chi connectivity index (χ0) is 37.0. The van der Waals surface area contributed by atoms with Gasteiger partial charge < -0.3 is 8.98 Å². The SMILES string of the molecule is c1ccc(-c2ccc3c(c2)c2ccc(-c4nc(-c5ccccc5)nc(-c5ccccc5)n4)cc2n3-c2ccccc2-c2cccc3oc4ccccc4c23)cc1. The first-order valence-corrected chi connectivity index (χ1v) is 18.8. The van der Waals surface area contributed by atoms with E-state index in [2.05, 4.69) is 126 Å². The highest BCUT2D eigenvalue weighted by Crippen LogP contribution is 2.42.